The predicted octanol–water partition coefficient (Wildman–Crippen LogP) is 2.82. The molecule has 26 heavy (non-hydrogen) atoms. The summed E-state index contributed by atoms with van der Waals surface area (Å²) in [5.41, 5.74) is 1.03. The van der Waals surface area contributed by atoms with Crippen LogP contribution < -0.4 is 4.90 Å². The van der Waals surface area contributed by atoms with Crippen LogP contribution >= 0.6 is 22.9 Å². The zero-order valence-electron chi connectivity index (χ0n) is 14.3. The Morgan fingerprint density at radius 2 is 1.69 bits per heavy atom. The number of benzene rings is 1. The number of piperazine rings is 1. The number of halogens is 1. The van der Waals surface area contributed by atoms with Gasteiger partial charge in [0, 0.05) is 39.3 Å². The second-order valence-corrected chi connectivity index (χ2v) is 8.00. The molecular formula is C19H20ClN3O2S. The highest BCUT2D eigenvalue weighted by Gasteiger charge is 2.39. The van der Waals surface area contributed by atoms with Crippen LogP contribution in [0.1, 0.15) is 9.67 Å². The van der Waals surface area contributed by atoms with Gasteiger partial charge in [0.1, 0.15) is 0 Å². The third kappa shape index (κ3) is 3.31. The van der Waals surface area contributed by atoms with Crippen molar-refractivity contribution in [3.63, 3.8) is 0 Å². The molecule has 2 amide bonds. The molecule has 0 N–H and O–H groups in total. The minimum Gasteiger partial charge on any atom is -0.367 e. The number of para-hydroxylation sites is 1. The Morgan fingerprint density at radius 3 is 2.35 bits per heavy atom. The number of carbonyl (C=O) groups excluding carboxylic acids is 2. The minimum absolute atomic E-state index is 0.0348. The number of hydrogen-bond acceptors (Lipinski definition) is 4. The topological polar surface area (TPSA) is 43.9 Å². The van der Waals surface area contributed by atoms with Crippen molar-refractivity contribution in [1.29, 1.82) is 0 Å². The molecule has 0 atom stereocenters. The highest BCUT2D eigenvalue weighted by Crippen LogP contribution is 2.27. The molecule has 1 aromatic heterocycles. The van der Waals surface area contributed by atoms with E-state index in [-0.39, 0.29) is 17.7 Å². The van der Waals surface area contributed by atoms with Crippen LogP contribution in [0.15, 0.2) is 41.8 Å². The molecule has 3 heterocycles. The molecule has 7 heteroatoms. The first-order valence-corrected chi connectivity index (χ1v) is 10.0. The molecule has 0 radical (unpaired) electrons. The average Bonchev–Trinajstić information content (AvgIpc) is 3.15. The zero-order valence-corrected chi connectivity index (χ0v) is 15.9. The van der Waals surface area contributed by atoms with E-state index in [0.29, 0.717) is 26.2 Å². The smallest absolute Gasteiger partial charge is 0.263 e. The first-order valence-electron chi connectivity index (χ1n) is 8.74. The van der Waals surface area contributed by atoms with Gasteiger partial charge in [-0.3, -0.25) is 9.59 Å². The van der Waals surface area contributed by atoms with Crippen molar-refractivity contribution >= 4 is 40.4 Å². The molecule has 0 unspecified atom stereocenters. The fraction of sp³-hybridized carbons (Fsp3) is 0.368. The number of hydrogen-bond donors (Lipinski definition) is 0. The van der Waals surface area contributed by atoms with E-state index in [1.807, 2.05) is 46.7 Å². The van der Waals surface area contributed by atoms with Gasteiger partial charge in [0.05, 0.1) is 21.5 Å². The maximum absolute atomic E-state index is 12.7. The Kier molecular flexibility index (Phi) is 4.87. The summed E-state index contributed by atoms with van der Waals surface area (Å²) in [5.74, 6) is 0.136. The van der Waals surface area contributed by atoms with Crippen molar-refractivity contribution in [2.45, 2.75) is 0 Å². The molecule has 0 saturated carbocycles. The van der Waals surface area contributed by atoms with Crippen LogP contribution in [0, 0.1) is 5.92 Å². The number of anilines is 1. The lowest BCUT2D eigenvalue weighted by Gasteiger charge is -2.43. The highest BCUT2D eigenvalue weighted by atomic mass is 35.5. The summed E-state index contributed by atoms with van der Waals surface area (Å²) < 4.78 is 0. The third-order valence-electron chi connectivity index (χ3n) is 5.03. The molecule has 5 nitrogen and oxygen atoms in total. The molecule has 4 rings (SSSR count). The van der Waals surface area contributed by atoms with Crippen LogP contribution in [-0.2, 0) is 4.79 Å². The van der Waals surface area contributed by atoms with E-state index in [1.165, 1.54) is 11.3 Å². The number of nitrogens with zero attached hydrogens (tertiary/aromatic N) is 3. The largest absolute Gasteiger partial charge is 0.367 e. The first kappa shape index (κ1) is 17.4. The van der Waals surface area contributed by atoms with Crippen LogP contribution in [0.2, 0.25) is 5.02 Å². The summed E-state index contributed by atoms with van der Waals surface area (Å²) >= 11 is 7.71. The molecule has 2 aliphatic heterocycles. The van der Waals surface area contributed by atoms with Gasteiger partial charge in [0.2, 0.25) is 5.91 Å². The molecule has 1 aromatic carbocycles. The van der Waals surface area contributed by atoms with Crippen molar-refractivity contribution < 1.29 is 9.59 Å². The lowest BCUT2D eigenvalue weighted by atomic mass is 9.97. The third-order valence-corrected chi connectivity index (χ3v) is 6.21. The summed E-state index contributed by atoms with van der Waals surface area (Å²) in [6.07, 6.45) is 0. The number of thiophene rings is 1. The molecule has 2 fully saturated rings. The predicted molar refractivity (Wildman–Crippen MR) is 104 cm³/mol. The van der Waals surface area contributed by atoms with Gasteiger partial charge < -0.3 is 14.7 Å². The standard InChI is InChI=1S/C19H20ClN3O2S/c20-15-4-1-2-5-16(15)21-7-9-22(10-8-21)18(24)14-12-23(13-14)19(25)17-6-3-11-26-17/h1-6,11,14H,7-10,12-13H2. The van der Waals surface area contributed by atoms with E-state index in [9.17, 15) is 9.59 Å². The molecule has 136 valence electrons. The van der Waals surface area contributed by atoms with Gasteiger partial charge in [0.25, 0.3) is 5.91 Å². The fourth-order valence-electron chi connectivity index (χ4n) is 3.49. The van der Waals surface area contributed by atoms with Crippen LogP contribution in [0.4, 0.5) is 5.69 Å². The van der Waals surface area contributed by atoms with Gasteiger partial charge in [-0.15, -0.1) is 11.3 Å². The Labute approximate surface area is 161 Å². The van der Waals surface area contributed by atoms with Crippen molar-refractivity contribution in [2.24, 2.45) is 5.92 Å². The average molecular weight is 390 g/mol. The summed E-state index contributed by atoms with van der Waals surface area (Å²) in [4.78, 5) is 31.6. The van der Waals surface area contributed by atoms with Crippen molar-refractivity contribution in [2.75, 3.05) is 44.2 Å². The van der Waals surface area contributed by atoms with Crippen LogP contribution in [0.5, 0.6) is 0 Å². The molecule has 2 aromatic rings. The lowest BCUT2D eigenvalue weighted by molar-refractivity contribution is -0.140. The van der Waals surface area contributed by atoms with Gasteiger partial charge in [-0.1, -0.05) is 29.8 Å². The Bertz CT molecular complexity index is 797. The zero-order chi connectivity index (χ0) is 18.1. The normalized spacial score (nSPS) is 18.0. The van der Waals surface area contributed by atoms with E-state index in [2.05, 4.69) is 4.90 Å². The van der Waals surface area contributed by atoms with Gasteiger partial charge in [-0.25, -0.2) is 0 Å². The van der Waals surface area contributed by atoms with Crippen LogP contribution in [0.25, 0.3) is 0 Å². The second kappa shape index (κ2) is 7.29. The number of likely N-dealkylation sites (tertiary alicyclic amines) is 1. The minimum atomic E-state index is -0.0641. The Balaban J connectivity index is 1.28. The van der Waals surface area contributed by atoms with Gasteiger partial charge in [-0.05, 0) is 23.6 Å². The van der Waals surface area contributed by atoms with Gasteiger partial charge >= 0.3 is 0 Å². The van der Waals surface area contributed by atoms with E-state index < -0.39 is 0 Å². The number of carbonyl (C=O) groups is 2. The number of rotatable bonds is 3. The van der Waals surface area contributed by atoms with Crippen molar-refractivity contribution in [3.8, 4) is 0 Å². The van der Waals surface area contributed by atoms with E-state index in [0.717, 1.165) is 28.7 Å². The highest BCUT2D eigenvalue weighted by molar-refractivity contribution is 7.12. The van der Waals surface area contributed by atoms with Gasteiger partial charge in [-0.2, -0.15) is 0 Å². The molecule has 2 saturated heterocycles. The molecular weight excluding hydrogens is 370 g/mol. The monoisotopic (exact) mass is 389 g/mol. The summed E-state index contributed by atoms with van der Waals surface area (Å²) in [5, 5.41) is 2.64. The quantitative estimate of drug-likeness (QED) is 0.810. The molecule has 2 aliphatic rings. The first-order chi connectivity index (χ1) is 12.6. The van der Waals surface area contributed by atoms with E-state index >= 15 is 0 Å². The van der Waals surface area contributed by atoms with E-state index in [1.54, 1.807) is 4.90 Å². The van der Waals surface area contributed by atoms with Gasteiger partial charge in [0.15, 0.2) is 0 Å². The summed E-state index contributed by atoms with van der Waals surface area (Å²) in [6.45, 7) is 4.00. The van der Waals surface area contributed by atoms with E-state index in [4.69, 9.17) is 11.6 Å². The molecule has 0 spiro atoms. The van der Waals surface area contributed by atoms with Crippen LogP contribution in [-0.4, -0.2) is 60.9 Å². The van der Waals surface area contributed by atoms with Crippen molar-refractivity contribution in [1.82, 2.24) is 9.80 Å². The SMILES string of the molecule is O=C(c1cccs1)N1CC(C(=O)N2CCN(c3ccccc3Cl)CC2)C1. The Hall–Kier alpha value is -2.05. The maximum Gasteiger partial charge on any atom is 0.263 e. The van der Waals surface area contributed by atoms with Crippen LogP contribution in [0.3, 0.4) is 0 Å². The summed E-state index contributed by atoms with van der Waals surface area (Å²) in [6, 6.07) is 11.5. The maximum atomic E-state index is 12.7. The lowest BCUT2D eigenvalue weighted by Crippen LogP contribution is -2.59. The molecule has 0 bridgehead atoms. The fourth-order valence-corrected chi connectivity index (χ4v) is 4.44. The second-order valence-electron chi connectivity index (χ2n) is 6.65. The summed E-state index contributed by atoms with van der Waals surface area (Å²) in [7, 11) is 0. The Morgan fingerprint density at radius 1 is 0.962 bits per heavy atom. The number of amides is 2. The molecule has 0 aliphatic carbocycles. The van der Waals surface area contributed by atoms with Crippen molar-refractivity contribution in [3.05, 3.63) is 51.7 Å².